The molecular formula is C16H25NO2S. The Labute approximate surface area is 125 Å². The number of carbonyl (C=O) groups is 1. The van der Waals surface area contributed by atoms with Gasteiger partial charge >= 0.3 is 5.97 Å². The van der Waals surface area contributed by atoms with Crippen molar-refractivity contribution in [3.05, 3.63) is 21.9 Å². The van der Waals surface area contributed by atoms with Gasteiger partial charge in [-0.15, -0.1) is 11.3 Å². The summed E-state index contributed by atoms with van der Waals surface area (Å²) in [6.07, 6.45) is 1.80. The Morgan fingerprint density at radius 1 is 1.45 bits per heavy atom. The Morgan fingerprint density at radius 3 is 2.70 bits per heavy atom. The van der Waals surface area contributed by atoms with Crippen molar-refractivity contribution in [2.24, 2.45) is 5.92 Å². The lowest BCUT2D eigenvalue weighted by Gasteiger charge is -2.37. The van der Waals surface area contributed by atoms with Crippen LogP contribution in [-0.4, -0.2) is 28.6 Å². The Bertz CT molecular complexity index is 475. The van der Waals surface area contributed by atoms with E-state index in [-0.39, 0.29) is 17.4 Å². The first kappa shape index (κ1) is 15.5. The summed E-state index contributed by atoms with van der Waals surface area (Å²) in [5.41, 5.74) is 0.194. The van der Waals surface area contributed by atoms with Crippen molar-refractivity contribution in [3.63, 3.8) is 0 Å². The lowest BCUT2D eigenvalue weighted by molar-refractivity contribution is -0.145. The number of nitrogens with zero attached hydrogens (tertiary/aromatic N) is 1. The van der Waals surface area contributed by atoms with Gasteiger partial charge in [0, 0.05) is 22.3 Å². The molecule has 0 unspecified atom stereocenters. The van der Waals surface area contributed by atoms with Gasteiger partial charge in [0.2, 0.25) is 0 Å². The fourth-order valence-electron chi connectivity index (χ4n) is 2.83. The van der Waals surface area contributed by atoms with Gasteiger partial charge in [-0.25, -0.2) is 0 Å². The Hall–Kier alpha value is -0.870. The first-order valence-corrected chi connectivity index (χ1v) is 8.16. The lowest BCUT2D eigenvalue weighted by Crippen LogP contribution is -2.45. The minimum absolute atomic E-state index is 0.126. The van der Waals surface area contributed by atoms with Crippen molar-refractivity contribution >= 4 is 17.3 Å². The molecule has 2 rings (SSSR count). The van der Waals surface area contributed by atoms with Crippen LogP contribution in [0.4, 0.5) is 0 Å². The van der Waals surface area contributed by atoms with Crippen LogP contribution in [0, 0.1) is 5.92 Å². The third-order valence-electron chi connectivity index (χ3n) is 4.20. The van der Waals surface area contributed by atoms with Gasteiger partial charge in [-0.2, -0.15) is 0 Å². The summed E-state index contributed by atoms with van der Waals surface area (Å²) in [6.45, 7) is 10.6. The van der Waals surface area contributed by atoms with E-state index in [2.05, 4.69) is 44.7 Å². The van der Waals surface area contributed by atoms with Gasteiger partial charge in [0.15, 0.2) is 0 Å². The molecule has 1 N–H and O–H groups in total. The maximum Gasteiger partial charge on any atom is 0.308 e. The largest absolute Gasteiger partial charge is 0.481 e. The van der Waals surface area contributed by atoms with E-state index < -0.39 is 5.97 Å². The number of likely N-dealkylation sites (tertiary alicyclic amines) is 1. The van der Waals surface area contributed by atoms with Crippen LogP contribution in [0.15, 0.2) is 12.1 Å². The highest BCUT2D eigenvalue weighted by atomic mass is 32.1. The highest BCUT2D eigenvalue weighted by molar-refractivity contribution is 7.12. The SMILES string of the molecule is C[C@@H]1[C@H](C(=O)O)CCCN1Cc1ccc(C(C)(C)C)s1. The van der Waals surface area contributed by atoms with Gasteiger partial charge in [0.25, 0.3) is 0 Å². The predicted octanol–water partition coefficient (Wildman–Crippen LogP) is 3.73. The Balaban J connectivity index is 2.06. The summed E-state index contributed by atoms with van der Waals surface area (Å²) in [5.74, 6) is -0.866. The van der Waals surface area contributed by atoms with E-state index in [0.717, 1.165) is 25.9 Å². The zero-order chi connectivity index (χ0) is 14.9. The highest BCUT2D eigenvalue weighted by Crippen LogP contribution is 2.32. The van der Waals surface area contributed by atoms with Gasteiger partial charge in [0.05, 0.1) is 5.92 Å². The predicted molar refractivity (Wildman–Crippen MR) is 83.3 cm³/mol. The van der Waals surface area contributed by atoms with E-state index in [1.54, 1.807) is 0 Å². The molecule has 1 fully saturated rings. The van der Waals surface area contributed by atoms with Crippen LogP contribution >= 0.6 is 11.3 Å². The van der Waals surface area contributed by atoms with Gasteiger partial charge in [-0.3, -0.25) is 9.69 Å². The van der Waals surface area contributed by atoms with Gasteiger partial charge < -0.3 is 5.11 Å². The van der Waals surface area contributed by atoms with Crippen molar-refractivity contribution in [2.45, 2.75) is 58.5 Å². The van der Waals surface area contributed by atoms with E-state index in [1.807, 2.05) is 11.3 Å². The van der Waals surface area contributed by atoms with Crippen molar-refractivity contribution in [3.8, 4) is 0 Å². The summed E-state index contributed by atoms with van der Waals surface area (Å²) in [4.78, 5) is 16.3. The fraction of sp³-hybridized carbons (Fsp3) is 0.688. The molecule has 3 nitrogen and oxygen atoms in total. The molecule has 1 aromatic rings. The van der Waals surface area contributed by atoms with Crippen molar-refractivity contribution in [1.29, 1.82) is 0 Å². The smallest absolute Gasteiger partial charge is 0.308 e. The zero-order valence-electron chi connectivity index (χ0n) is 12.8. The average molecular weight is 295 g/mol. The number of carboxylic acids is 1. The maximum absolute atomic E-state index is 11.3. The Kier molecular flexibility index (Phi) is 4.55. The minimum Gasteiger partial charge on any atom is -0.481 e. The molecule has 0 radical (unpaired) electrons. The fourth-order valence-corrected chi connectivity index (χ4v) is 3.92. The number of rotatable bonds is 3. The first-order valence-electron chi connectivity index (χ1n) is 7.35. The summed E-state index contributed by atoms with van der Waals surface area (Å²) >= 11 is 1.86. The number of piperidine rings is 1. The number of thiophene rings is 1. The minimum atomic E-state index is -0.649. The van der Waals surface area contributed by atoms with Crippen molar-refractivity contribution < 1.29 is 9.90 Å². The van der Waals surface area contributed by atoms with Crippen LogP contribution in [0.1, 0.15) is 50.3 Å². The lowest BCUT2D eigenvalue weighted by atomic mass is 9.90. The topological polar surface area (TPSA) is 40.5 Å². The molecule has 2 atom stereocenters. The molecule has 20 heavy (non-hydrogen) atoms. The van der Waals surface area contributed by atoms with Crippen LogP contribution in [0.25, 0.3) is 0 Å². The molecule has 1 aliphatic heterocycles. The summed E-state index contributed by atoms with van der Waals surface area (Å²) in [7, 11) is 0. The molecule has 0 amide bonds. The van der Waals surface area contributed by atoms with Crippen LogP contribution in [-0.2, 0) is 16.8 Å². The third kappa shape index (κ3) is 3.41. The monoisotopic (exact) mass is 295 g/mol. The summed E-state index contributed by atoms with van der Waals surface area (Å²) in [5, 5.41) is 9.28. The molecule has 0 bridgehead atoms. The number of hydrogen-bond donors (Lipinski definition) is 1. The van der Waals surface area contributed by atoms with E-state index in [1.165, 1.54) is 9.75 Å². The second-order valence-corrected chi connectivity index (χ2v) is 7.98. The average Bonchev–Trinajstić information content (AvgIpc) is 2.80. The molecule has 1 aliphatic rings. The van der Waals surface area contributed by atoms with Gasteiger partial charge in [-0.1, -0.05) is 20.8 Å². The Morgan fingerprint density at radius 2 is 2.15 bits per heavy atom. The van der Waals surface area contributed by atoms with Crippen LogP contribution in [0.2, 0.25) is 0 Å². The van der Waals surface area contributed by atoms with E-state index in [9.17, 15) is 9.90 Å². The number of carboxylic acid groups (broad SMARTS) is 1. The van der Waals surface area contributed by atoms with Crippen LogP contribution in [0.3, 0.4) is 0 Å². The summed E-state index contributed by atoms with van der Waals surface area (Å²) < 4.78 is 0. The molecule has 1 saturated heterocycles. The molecule has 0 spiro atoms. The maximum atomic E-state index is 11.3. The second-order valence-electron chi connectivity index (χ2n) is 6.81. The van der Waals surface area contributed by atoms with E-state index >= 15 is 0 Å². The van der Waals surface area contributed by atoms with Crippen LogP contribution in [0.5, 0.6) is 0 Å². The molecule has 2 heterocycles. The quantitative estimate of drug-likeness (QED) is 0.923. The van der Waals surface area contributed by atoms with Crippen LogP contribution < -0.4 is 0 Å². The standard InChI is InChI=1S/C16H25NO2S/c1-11-13(15(18)19)6-5-9-17(11)10-12-7-8-14(20-12)16(2,3)4/h7-8,11,13H,5-6,9-10H2,1-4H3,(H,18,19)/t11-,13-/m1/s1. The molecule has 0 aliphatic carbocycles. The van der Waals surface area contributed by atoms with Gasteiger partial charge in [0.1, 0.15) is 0 Å². The van der Waals surface area contributed by atoms with Crippen molar-refractivity contribution in [1.82, 2.24) is 4.90 Å². The molecule has 1 aromatic heterocycles. The van der Waals surface area contributed by atoms with E-state index in [0.29, 0.717) is 0 Å². The number of hydrogen-bond acceptors (Lipinski definition) is 3. The first-order chi connectivity index (χ1) is 9.29. The number of aliphatic carboxylic acids is 1. The highest BCUT2D eigenvalue weighted by Gasteiger charge is 2.33. The van der Waals surface area contributed by atoms with E-state index in [4.69, 9.17) is 0 Å². The molecule has 0 aromatic carbocycles. The van der Waals surface area contributed by atoms with Crippen molar-refractivity contribution in [2.75, 3.05) is 6.54 Å². The normalized spacial score (nSPS) is 24.8. The van der Waals surface area contributed by atoms with Gasteiger partial charge in [-0.05, 0) is 43.9 Å². The molecule has 4 heteroatoms. The second kappa shape index (κ2) is 5.86. The summed E-state index contributed by atoms with van der Waals surface area (Å²) in [6, 6.07) is 4.53. The third-order valence-corrected chi connectivity index (χ3v) is 5.69. The molecule has 112 valence electrons. The molecular weight excluding hydrogens is 270 g/mol. The molecule has 0 saturated carbocycles. The zero-order valence-corrected chi connectivity index (χ0v) is 13.7.